The monoisotopic (exact) mass is 351 g/mol. The molecule has 0 radical (unpaired) electrons. The Morgan fingerprint density at radius 1 is 1.29 bits per heavy atom. The first-order chi connectivity index (χ1) is 10.1. The van der Waals surface area contributed by atoms with Crippen molar-refractivity contribution in [2.45, 2.75) is 18.9 Å². The molecule has 3 rings (SSSR count). The van der Waals surface area contributed by atoms with E-state index in [9.17, 15) is 9.59 Å². The Morgan fingerprint density at radius 2 is 2.10 bits per heavy atom. The predicted molar refractivity (Wildman–Crippen MR) is 83.8 cm³/mol. The topological polar surface area (TPSA) is 66.6 Å². The first kappa shape index (κ1) is 14.5. The van der Waals surface area contributed by atoms with Gasteiger partial charge in [-0.2, -0.15) is 0 Å². The third kappa shape index (κ3) is 2.82. The van der Waals surface area contributed by atoms with Gasteiger partial charge in [0.1, 0.15) is 5.92 Å². The number of hydrogen-bond donors (Lipinski definition) is 1. The number of hydrogen-bond acceptors (Lipinski definition) is 3. The Morgan fingerprint density at radius 3 is 2.76 bits per heavy atom. The fourth-order valence-corrected chi connectivity index (χ4v) is 3.40. The molecule has 0 bridgehead atoms. The Bertz CT molecular complexity index is 578. The number of benzene rings is 1. The van der Waals surface area contributed by atoms with Gasteiger partial charge in [-0.05, 0) is 31.0 Å². The Labute approximate surface area is 132 Å². The van der Waals surface area contributed by atoms with Gasteiger partial charge in [0.2, 0.25) is 11.8 Å². The number of halogens is 1. The first-order valence-corrected chi connectivity index (χ1v) is 7.97. The van der Waals surface area contributed by atoms with E-state index < -0.39 is 5.92 Å². The van der Waals surface area contributed by atoms with Gasteiger partial charge in [0, 0.05) is 35.8 Å². The zero-order valence-electron chi connectivity index (χ0n) is 11.7. The molecule has 1 aromatic carbocycles. The molecule has 6 heteroatoms. The fraction of sp³-hybridized carbons (Fsp3) is 0.467. The van der Waals surface area contributed by atoms with Gasteiger partial charge in [0.15, 0.2) is 0 Å². The van der Waals surface area contributed by atoms with Gasteiger partial charge in [-0.3, -0.25) is 9.59 Å². The Kier molecular flexibility index (Phi) is 3.99. The quantitative estimate of drug-likeness (QED) is 0.818. The predicted octanol–water partition coefficient (Wildman–Crippen LogP) is 1.36. The molecule has 0 unspecified atom stereocenters. The van der Waals surface area contributed by atoms with Crippen LogP contribution in [0, 0.1) is 5.92 Å². The normalized spacial score (nSPS) is 25.7. The summed E-state index contributed by atoms with van der Waals surface area (Å²) in [5, 5.41) is 0. The number of likely N-dealkylation sites (tertiary alicyclic amines) is 1. The maximum atomic E-state index is 12.5. The van der Waals surface area contributed by atoms with Crippen LogP contribution in [0.2, 0.25) is 0 Å². The molecule has 0 spiro atoms. The van der Waals surface area contributed by atoms with Gasteiger partial charge in [0.25, 0.3) is 0 Å². The summed E-state index contributed by atoms with van der Waals surface area (Å²) in [7, 11) is 0. The summed E-state index contributed by atoms with van der Waals surface area (Å²) >= 11 is 3.41. The molecule has 2 heterocycles. The summed E-state index contributed by atoms with van der Waals surface area (Å²) in [6.45, 7) is 1.83. The van der Waals surface area contributed by atoms with Crippen molar-refractivity contribution < 1.29 is 9.59 Å². The molecule has 1 aromatic rings. The van der Waals surface area contributed by atoms with Crippen LogP contribution in [0.3, 0.4) is 0 Å². The minimum absolute atomic E-state index is 0.0478. The molecule has 21 heavy (non-hydrogen) atoms. The number of rotatable bonds is 2. The van der Waals surface area contributed by atoms with Gasteiger partial charge in [-0.1, -0.05) is 22.0 Å². The van der Waals surface area contributed by atoms with Crippen molar-refractivity contribution in [3.63, 3.8) is 0 Å². The molecule has 2 aliphatic heterocycles. The average Bonchev–Trinajstić information content (AvgIpc) is 3.04. The molecule has 2 fully saturated rings. The van der Waals surface area contributed by atoms with E-state index in [-0.39, 0.29) is 17.9 Å². The van der Waals surface area contributed by atoms with Crippen LogP contribution in [-0.4, -0.2) is 42.4 Å². The van der Waals surface area contributed by atoms with Gasteiger partial charge < -0.3 is 15.5 Å². The van der Waals surface area contributed by atoms with Crippen molar-refractivity contribution in [2.75, 3.05) is 24.5 Å². The zero-order chi connectivity index (χ0) is 15.0. The maximum Gasteiger partial charge on any atom is 0.239 e. The highest BCUT2D eigenvalue weighted by molar-refractivity contribution is 9.10. The van der Waals surface area contributed by atoms with E-state index in [1.807, 2.05) is 24.3 Å². The van der Waals surface area contributed by atoms with E-state index in [2.05, 4.69) is 15.9 Å². The second-order valence-electron chi connectivity index (χ2n) is 5.64. The first-order valence-electron chi connectivity index (χ1n) is 7.17. The molecule has 2 aliphatic rings. The van der Waals surface area contributed by atoms with Gasteiger partial charge >= 0.3 is 0 Å². The Hall–Kier alpha value is -1.40. The van der Waals surface area contributed by atoms with Crippen molar-refractivity contribution in [2.24, 2.45) is 11.7 Å². The molecule has 2 saturated heterocycles. The van der Waals surface area contributed by atoms with Crippen LogP contribution in [0.15, 0.2) is 28.7 Å². The van der Waals surface area contributed by atoms with Crippen LogP contribution >= 0.6 is 15.9 Å². The smallest absolute Gasteiger partial charge is 0.239 e. The number of anilines is 1. The highest BCUT2D eigenvalue weighted by Gasteiger charge is 2.40. The van der Waals surface area contributed by atoms with Crippen molar-refractivity contribution in [1.82, 2.24) is 4.90 Å². The summed E-state index contributed by atoms with van der Waals surface area (Å²) in [6.07, 6.45) is 1.40. The van der Waals surface area contributed by atoms with E-state index in [0.717, 1.165) is 16.6 Å². The van der Waals surface area contributed by atoms with Gasteiger partial charge in [-0.25, -0.2) is 0 Å². The highest BCUT2D eigenvalue weighted by atomic mass is 79.9. The van der Waals surface area contributed by atoms with Crippen molar-refractivity contribution in [1.29, 1.82) is 0 Å². The lowest BCUT2D eigenvalue weighted by Crippen LogP contribution is -2.40. The van der Waals surface area contributed by atoms with Crippen LogP contribution in [0.1, 0.15) is 12.8 Å². The molecule has 2 N–H and O–H groups in total. The third-order valence-electron chi connectivity index (χ3n) is 4.16. The standard InChI is InChI=1S/C15H18BrN3O2/c16-10-2-1-3-12(8-10)19-7-5-13(15(19)21)14(20)18-6-4-11(17)9-18/h1-3,8,11,13H,4-7,9,17H2/t11-,13-/m1/s1. The summed E-state index contributed by atoms with van der Waals surface area (Å²) < 4.78 is 0.924. The Balaban J connectivity index is 1.73. The van der Waals surface area contributed by atoms with Gasteiger partial charge in [-0.15, -0.1) is 0 Å². The molecule has 0 saturated carbocycles. The van der Waals surface area contributed by atoms with Crippen LogP contribution in [0.25, 0.3) is 0 Å². The number of nitrogens with two attached hydrogens (primary N) is 1. The van der Waals surface area contributed by atoms with Crippen molar-refractivity contribution in [3.8, 4) is 0 Å². The molecule has 0 aromatic heterocycles. The van der Waals surface area contributed by atoms with E-state index in [1.165, 1.54) is 0 Å². The number of carbonyl (C=O) groups is 2. The van der Waals surface area contributed by atoms with E-state index >= 15 is 0 Å². The average molecular weight is 352 g/mol. The molecule has 112 valence electrons. The third-order valence-corrected chi connectivity index (χ3v) is 4.65. The number of carbonyl (C=O) groups excluding carboxylic acids is 2. The molecular weight excluding hydrogens is 334 g/mol. The van der Waals surface area contributed by atoms with Crippen LogP contribution in [0.5, 0.6) is 0 Å². The van der Waals surface area contributed by atoms with Crippen molar-refractivity contribution >= 4 is 33.4 Å². The van der Waals surface area contributed by atoms with E-state index in [0.29, 0.717) is 26.1 Å². The molecule has 2 atom stereocenters. The number of nitrogens with zero attached hydrogens (tertiary/aromatic N) is 2. The largest absolute Gasteiger partial charge is 0.340 e. The van der Waals surface area contributed by atoms with Crippen LogP contribution in [-0.2, 0) is 9.59 Å². The summed E-state index contributed by atoms with van der Waals surface area (Å²) in [4.78, 5) is 28.4. The lowest BCUT2D eigenvalue weighted by molar-refractivity contribution is -0.139. The maximum absolute atomic E-state index is 12.5. The molecule has 5 nitrogen and oxygen atoms in total. The van der Waals surface area contributed by atoms with E-state index in [1.54, 1.807) is 9.80 Å². The summed E-state index contributed by atoms with van der Waals surface area (Å²) in [6, 6.07) is 7.64. The number of amides is 2. The minimum Gasteiger partial charge on any atom is -0.340 e. The van der Waals surface area contributed by atoms with E-state index in [4.69, 9.17) is 5.73 Å². The molecule has 2 amide bonds. The lowest BCUT2D eigenvalue weighted by Gasteiger charge is -2.20. The minimum atomic E-state index is -0.547. The van der Waals surface area contributed by atoms with Gasteiger partial charge in [0.05, 0.1) is 0 Å². The molecular formula is C15H18BrN3O2. The highest BCUT2D eigenvalue weighted by Crippen LogP contribution is 2.29. The summed E-state index contributed by atoms with van der Waals surface area (Å²) in [5.41, 5.74) is 6.67. The second kappa shape index (κ2) is 5.77. The second-order valence-corrected chi connectivity index (χ2v) is 6.56. The lowest BCUT2D eigenvalue weighted by atomic mass is 10.1. The van der Waals surface area contributed by atoms with Crippen molar-refractivity contribution in [3.05, 3.63) is 28.7 Å². The van der Waals surface area contributed by atoms with Crippen LogP contribution in [0.4, 0.5) is 5.69 Å². The summed E-state index contributed by atoms with van der Waals surface area (Å²) in [5.74, 6) is -0.710. The zero-order valence-corrected chi connectivity index (χ0v) is 13.3. The SMILES string of the molecule is N[C@@H]1CCN(C(=O)[C@H]2CCN(c3cccc(Br)c3)C2=O)C1. The molecule has 0 aliphatic carbocycles. The van der Waals surface area contributed by atoms with Crippen LogP contribution < -0.4 is 10.6 Å². The fourth-order valence-electron chi connectivity index (χ4n) is 3.02.